The number of hydrogen-bond acceptors (Lipinski definition) is 5. The minimum absolute atomic E-state index is 0.0466. The highest BCUT2D eigenvalue weighted by Gasteiger charge is 2.42. The molecule has 90 valence electrons. The van der Waals surface area contributed by atoms with Gasteiger partial charge in [-0.3, -0.25) is 0 Å². The quantitative estimate of drug-likeness (QED) is 0.858. The van der Waals surface area contributed by atoms with Crippen molar-refractivity contribution in [2.45, 2.75) is 19.0 Å². The van der Waals surface area contributed by atoms with Crippen LogP contribution < -0.4 is 5.32 Å². The van der Waals surface area contributed by atoms with E-state index in [-0.39, 0.29) is 17.2 Å². The van der Waals surface area contributed by atoms with Crippen LogP contribution in [-0.4, -0.2) is 28.5 Å². The van der Waals surface area contributed by atoms with Gasteiger partial charge < -0.3 is 10.4 Å². The average molecular weight is 253 g/mol. The van der Waals surface area contributed by atoms with Crippen molar-refractivity contribution in [2.75, 3.05) is 18.5 Å². The SMILES string of the molecule is OCC1(CNc2nnc(C(F)(F)F)s2)CC1. The second kappa shape index (κ2) is 3.85. The Labute approximate surface area is 93.5 Å². The van der Waals surface area contributed by atoms with Crippen LogP contribution in [0.15, 0.2) is 0 Å². The highest BCUT2D eigenvalue weighted by Crippen LogP contribution is 2.45. The van der Waals surface area contributed by atoms with Gasteiger partial charge in [-0.1, -0.05) is 11.3 Å². The molecule has 0 radical (unpaired) electrons. The minimum Gasteiger partial charge on any atom is -0.396 e. The number of aliphatic hydroxyl groups excluding tert-OH is 1. The Morgan fingerprint density at radius 1 is 1.38 bits per heavy atom. The Bertz CT molecular complexity index is 375. The number of aromatic nitrogens is 2. The summed E-state index contributed by atoms with van der Waals surface area (Å²) in [6, 6.07) is 0. The van der Waals surface area contributed by atoms with E-state index in [9.17, 15) is 13.2 Å². The van der Waals surface area contributed by atoms with E-state index in [0.717, 1.165) is 12.8 Å². The third-order valence-electron chi connectivity index (χ3n) is 2.57. The lowest BCUT2D eigenvalue weighted by atomic mass is 10.1. The van der Waals surface area contributed by atoms with Crippen molar-refractivity contribution in [2.24, 2.45) is 5.41 Å². The molecule has 0 aliphatic heterocycles. The van der Waals surface area contributed by atoms with Gasteiger partial charge in [0, 0.05) is 12.0 Å². The fraction of sp³-hybridized carbons (Fsp3) is 0.750. The molecule has 1 heterocycles. The predicted octanol–water partition coefficient (Wildman–Crippen LogP) is 1.74. The number of nitrogens with zero attached hydrogens (tertiary/aromatic N) is 2. The van der Waals surface area contributed by atoms with Gasteiger partial charge in [0.1, 0.15) is 0 Å². The maximum absolute atomic E-state index is 12.2. The van der Waals surface area contributed by atoms with E-state index in [1.807, 2.05) is 0 Å². The van der Waals surface area contributed by atoms with Crippen molar-refractivity contribution in [3.8, 4) is 0 Å². The number of hydrogen-bond donors (Lipinski definition) is 2. The van der Waals surface area contributed by atoms with Gasteiger partial charge in [-0.05, 0) is 12.8 Å². The lowest BCUT2D eigenvalue weighted by Gasteiger charge is -2.10. The lowest BCUT2D eigenvalue weighted by molar-refractivity contribution is -0.138. The maximum Gasteiger partial charge on any atom is 0.445 e. The van der Waals surface area contributed by atoms with E-state index in [1.165, 1.54) is 0 Å². The first-order chi connectivity index (χ1) is 7.45. The third kappa shape index (κ3) is 2.43. The van der Waals surface area contributed by atoms with E-state index in [1.54, 1.807) is 0 Å². The van der Waals surface area contributed by atoms with Crippen LogP contribution >= 0.6 is 11.3 Å². The van der Waals surface area contributed by atoms with Crippen molar-refractivity contribution in [1.29, 1.82) is 0 Å². The molecule has 4 nitrogen and oxygen atoms in total. The summed E-state index contributed by atoms with van der Waals surface area (Å²) in [4.78, 5) is 0. The monoisotopic (exact) mass is 253 g/mol. The summed E-state index contributed by atoms with van der Waals surface area (Å²) < 4.78 is 36.6. The average Bonchev–Trinajstić information content (AvgIpc) is 2.83. The molecule has 1 saturated carbocycles. The number of halogens is 3. The number of rotatable bonds is 4. The highest BCUT2D eigenvalue weighted by molar-refractivity contribution is 7.15. The van der Waals surface area contributed by atoms with Gasteiger partial charge in [0.25, 0.3) is 0 Å². The van der Waals surface area contributed by atoms with Crippen LogP contribution in [-0.2, 0) is 6.18 Å². The van der Waals surface area contributed by atoms with Gasteiger partial charge in [-0.25, -0.2) is 0 Å². The molecule has 1 aromatic rings. The molecular formula is C8H10F3N3OS. The van der Waals surface area contributed by atoms with Crippen LogP contribution in [0.2, 0.25) is 0 Å². The predicted molar refractivity (Wildman–Crippen MR) is 52.2 cm³/mol. The Kier molecular flexibility index (Phi) is 2.79. The first kappa shape index (κ1) is 11.6. The Morgan fingerprint density at radius 3 is 2.50 bits per heavy atom. The standard InChI is InChI=1S/C8H10F3N3OS/c9-8(10,11)5-13-14-6(16-5)12-3-7(4-15)1-2-7/h15H,1-4H2,(H,12,14). The molecule has 8 heteroatoms. The van der Waals surface area contributed by atoms with Gasteiger partial charge in [0.05, 0.1) is 6.61 Å². The molecule has 0 unspecified atom stereocenters. The molecule has 0 aromatic carbocycles. The molecule has 0 amide bonds. The molecule has 2 N–H and O–H groups in total. The van der Waals surface area contributed by atoms with Crippen LogP contribution in [0, 0.1) is 5.41 Å². The molecule has 1 aromatic heterocycles. The number of alkyl halides is 3. The largest absolute Gasteiger partial charge is 0.445 e. The molecule has 0 saturated heterocycles. The second-order valence-electron chi connectivity index (χ2n) is 3.92. The summed E-state index contributed by atoms with van der Waals surface area (Å²) >= 11 is 0.479. The van der Waals surface area contributed by atoms with Crippen molar-refractivity contribution in [1.82, 2.24) is 10.2 Å². The molecule has 1 aliphatic carbocycles. The molecule has 1 fully saturated rings. The normalized spacial score (nSPS) is 18.5. The summed E-state index contributed by atoms with van der Waals surface area (Å²) in [5.41, 5.74) is -0.163. The zero-order chi connectivity index (χ0) is 11.8. The maximum atomic E-state index is 12.2. The second-order valence-corrected chi connectivity index (χ2v) is 4.90. The Morgan fingerprint density at radius 2 is 2.06 bits per heavy atom. The first-order valence-corrected chi connectivity index (χ1v) is 5.52. The highest BCUT2D eigenvalue weighted by atomic mass is 32.1. The zero-order valence-electron chi connectivity index (χ0n) is 8.21. The Hall–Kier alpha value is -0.890. The van der Waals surface area contributed by atoms with Crippen molar-refractivity contribution in [3.05, 3.63) is 5.01 Å². The van der Waals surface area contributed by atoms with Crippen molar-refractivity contribution < 1.29 is 18.3 Å². The lowest BCUT2D eigenvalue weighted by Crippen LogP contribution is -2.18. The first-order valence-electron chi connectivity index (χ1n) is 4.71. The summed E-state index contributed by atoms with van der Waals surface area (Å²) in [5.74, 6) is 0. The van der Waals surface area contributed by atoms with Crippen LogP contribution in [0.3, 0.4) is 0 Å². The van der Waals surface area contributed by atoms with E-state index in [2.05, 4.69) is 15.5 Å². The van der Waals surface area contributed by atoms with Gasteiger partial charge in [-0.2, -0.15) is 13.2 Å². The van der Waals surface area contributed by atoms with E-state index in [0.29, 0.717) is 17.9 Å². The smallest absolute Gasteiger partial charge is 0.396 e. The molecule has 0 bridgehead atoms. The molecule has 2 rings (SSSR count). The number of nitrogens with one attached hydrogen (secondary N) is 1. The van der Waals surface area contributed by atoms with Gasteiger partial charge >= 0.3 is 6.18 Å². The molecule has 1 aliphatic rings. The van der Waals surface area contributed by atoms with Gasteiger partial charge in [0.2, 0.25) is 10.1 Å². The van der Waals surface area contributed by atoms with Crippen LogP contribution in [0.1, 0.15) is 17.8 Å². The van der Waals surface area contributed by atoms with E-state index >= 15 is 0 Å². The summed E-state index contributed by atoms with van der Waals surface area (Å²) in [6.45, 7) is 0.487. The third-order valence-corrected chi connectivity index (χ3v) is 3.50. The molecular weight excluding hydrogens is 243 g/mol. The topological polar surface area (TPSA) is 58.0 Å². The summed E-state index contributed by atoms with van der Waals surface area (Å²) in [7, 11) is 0. The molecule has 0 spiro atoms. The summed E-state index contributed by atoms with van der Waals surface area (Å²) in [6.07, 6.45) is -2.66. The number of anilines is 1. The Balaban J connectivity index is 1.93. The molecule has 0 atom stereocenters. The van der Waals surface area contributed by atoms with Crippen LogP contribution in [0.25, 0.3) is 0 Å². The van der Waals surface area contributed by atoms with Crippen molar-refractivity contribution in [3.63, 3.8) is 0 Å². The summed E-state index contributed by atoms with van der Waals surface area (Å²) in [5, 5.41) is 17.4. The van der Waals surface area contributed by atoms with E-state index < -0.39 is 11.2 Å². The van der Waals surface area contributed by atoms with Crippen LogP contribution in [0.5, 0.6) is 0 Å². The minimum atomic E-state index is -4.44. The zero-order valence-corrected chi connectivity index (χ0v) is 9.03. The van der Waals surface area contributed by atoms with E-state index in [4.69, 9.17) is 5.11 Å². The van der Waals surface area contributed by atoms with Gasteiger partial charge in [-0.15, -0.1) is 10.2 Å². The fourth-order valence-corrected chi connectivity index (χ4v) is 1.85. The fourth-order valence-electron chi connectivity index (χ4n) is 1.24. The van der Waals surface area contributed by atoms with Gasteiger partial charge in [0.15, 0.2) is 0 Å². The molecule has 16 heavy (non-hydrogen) atoms. The number of aliphatic hydroxyl groups is 1. The van der Waals surface area contributed by atoms with Crippen LogP contribution in [0.4, 0.5) is 18.3 Å². The van der Waals surface area contributed by atoms with Crippen molar-refractivity contribution >= 4 is 16.5 Å².